The van der Waals surface area contributed by atoms with E-state index in [1.165, 1.54) is 12.1 Å². The number of phenols is 1. The highest BCUT2D eigenvalue weighted by Gasteiger charge is 2.24. The summed E-state index contributed by atoms with van der Waals surface area (Å²) in [4.78, 5) is 4.69. The Balaban J connectivity index is 1.46. The molecule has 0 amide bonds. The van der Waals surface area contributed by atoms with E-state index in [0.29, 0.717) is 11.8 Å². The molecule has 2 aliphatic rings. The minimum Gasteiger partial charge on any atom is -0.508 e. The third kappa shape index (κ3) is 2.90. The van der Waals surface area contributed by atoms with Crippen molar-refractivity contribution in [3.8, 4) is 16.9 Å². The van der Waals surface area contributed by atoms with E-state index in [1.807, 2.05) is 12.1 Å². The second-order valence-electron chi connectivity index (χ2n) is 6.16. The normalized spacial score (nSPS) is 20.4. The molecule has 2 aromatic rings. The molecule has 2 N–H and O–H groups in total. The Kier molecular flexibility index (Phi) is 3.67. The number of hydrogen-bond acceptors (Lipinski definition) is 4. The number of rotatable bonds is 3. The first-order valence-corrected chi connectivity index (χ1v) is 8.10. The molecular formula is C19H21N3O. The highest BCUT2D eigenvalue weighted by molar-refractivity contribution is 5.67. The molecule has 0 bridgehead atoms. The number of anilines is 1. The molecule has 4 nitrogen and oxygen atoms in total. The van der Waals surface area contributed by atoms with Gasteiger partial charge in [0.15, 0.2) is 0 Å². The van der Waals surface area contributed by atoms with Crippen LogP contribution in [0.15, 0.2) is 60.9 Å². The van der Waals surface area contributed by atoms with Crippen LogP contribution in [0.2, 0.25) is 0 Å². The maximum atomic E-state index is 9.38. The molecule has 2 aliphatic heterocycles. The van der Waals surface area contributed by atoms with E-state index in [9.17, 15) is 5.11 Å². The standard InChI is InChI=1S/C19H21N3O/c23-19-7-3-16(4-8-19)15-1-5-17(6-2-15)21-11-12-22(14-21)18-9-10-20-13-18/h1-8,11-12,18,20,23H,9-10,13-14H2/t18-/m0/s1. The van der Waals surface area contributed by atoms with Gasteiger partial charge in [-0.2, -0.15) is 0 Å². The number of aromatic hydroxyl groups is 1. The van der Waals surface area contributed by atoms with Crippen molar-refractivity contribution in [1.82, 2.24) is 10.2 Å². The Hall–Kier alpha value is -2.46. The van der Waals surface area contributed by atoms with Crippen LogP contribution in [0.5, 0.6) is 5.75 Å². The van der Waals surface area contributed by atoms with Crippen LogP contribution < -0.4 is 10.2 Å². The summed E-state index contributed by atoms with van der Waals surface area (Å²) in [5.74, 6) is 0.300. The van der Waals surface area contributed by atoms with E-state index in [1.54, 1.807) is 12.1 Å². The van der Waals surface area contributed by atoms with E-state index < -0.39 is 0 Å². The van der Waals surface area contributed by atoms with Gasteiger partial charge in [-0.3, -0.25) is 0 Å². The van der Waals surface area contributed by atoms with Crippen LogP contribution in [0.25, 0.3) is 11.1 Å². The van der Waals surface area contributed by atoms with Gasteiger partial charge >= 0.3 is 0 Å². The van der Waals surface area contributed by atoms with E-state index in [-0.39, 0.29) is 0 Å². The van der Waals surface area contributed by atoms with Crippen LogP contribution in [0, 0.1) is 0 Å². The fourth-order valence-corrected chi connectivity index (χ4v) is 3.26. The van der Waals surface area contributed by atoms with Crippen LogP contribution in [0.1, 0.15) is 6.42 Å². The third-order valence-corrected chi connectivity index (χ3v) is 4.66. The molecule has 23 heavy (non-hydrogen) atoms. The molecule has 118 valence electrons. The molecule has 2 heterocycles. The Bertz CT molecular complexity index is 688. The molecule has 0 aromatic heterocycles. The summed E-state index contributed by atoms with van der Waals surface area (Å²) in [6.45, 7) is 3.12. The highest BCUT2D eigenvalue weighted by Crippen LogP contribution is 2.27. The van der Waals surface area contributed by atoms with Crippen LogP contribution in [-0.4, -0.2) is 35.8 Å². The number of phenolic OH excluding ortho intramolecular Hbond substituents is 1. The Labute approximate surface area is 136 Å². The molecule has 1 atom stereocenters. The fourth-order valence-electron chi connectivity index (χ4n) is 3.26. The van der Waals surface area contributed by atoms with Crippen molar-refractivity contribution >= 4 is 5.69 Å². The first-order valence-electron chi connectivity index (χ1n) is 8.10. The summed E-state index contributed by atoms with van der Waals surface area (Å²) < 4.78 is 0. The van der Waals surface area contributed by atoms with Crippen molar-refractivity contribution in [3.05, 3.63) is 60.9 Å². The van der Waals surface area contributed by atoms with Gasteiger partial charge in [0, 0.05) is 30.7 Å². The molecule has 4 rings (SSSR count). The summed E-state index contributed by atoms with van der Waals surface area (Å²) in [6.07, 6.45) is 5.58. The third-order valence-electron chi connectivity index (χ3n) is 4.66. The predicted octanol–water partition coefficient (Wildman–Crippen LogP) is 2.97. The minimum absolute atomic E-state index is 0.300. The lowest BCUT2D eigenvalue weighted by atomic mass is 10.1. The maximum Gasteiger partial charge on any atom is 0.115 e. The van der Waals surface area contributed by atoms with Crippen molar-refractivity contribution in [3.63, 3.8) is 0 Å². The van der Waals surface area contributed by atoms with E-state index in [2.05, 4.69) is 51.8 Å². The van der Waals surface area contributed by atoms with E-state index in [4.69, 9.17) is 0 Å². The average Bonchev–Trinajstić information content (AvgIpc) is 3.27. The first kappa shape index (κ1) is 14.2. The minimum atomic E-state index is 0.300. The van der Waals surface area contributed by atoms with Gasteiger partial charge in [-0.15, -0.1) is 0 Å². The number of nitrogens with one attached hydrogen (secondary N) is 1. The molecule has 0 unspecified atom stereocenters. The molecule has 1 fully saturated rings. The lowest BCUT2D eigenvalue weighted by Gasteiger charge is -2.26. The van der Waals surface area contributed by atoms with Crippen molar-refractivity contribution in [2.24, 2.45) is 0 Å². The van der Waals surface area contributed by atoms with Crippen molar-refractivity contribution in [2.45, 2.75) is 12.5 Å². The van der Waals surface area contributed by atoms with Crippen LogP contribution in [0.4, 0.5) is 5.69 Å². The van der Waals surface area contributed by atoms with Crippen LogP contribution >= 0.6 is 0 Å². The van der Waals surface area contributed by atoms with Gasteiger partial charge in [-0.1, -0.05) is 24.3 Å². The zero-order valence-corrected chi connectivity index (χ0v) is 13.0. The lowest BCUT2D eigenvalue weighted by molar-refractivity contribution is 0.315. The summed E-state index contributed by atoms with van der Waals surface area (Å²) in [5.41, 5.74) is 3.48. The Morgan fingerprint density at radius 3 is 2.26 bits per heavy atom. The molecule has 0 aliphatic carbocycles. The second-order valence-corrected chi connectivity index (χ2v) is 6.16. The summed E-state index contributed by atoms with van der Waals surface area (Å²) in [5, 5.41) is 12.8. The quantitative estimate of drug-likeness (QED) is 0.914. The highest BCUT2D eigenvalue weighted by atomic mass is 16.3. The molecule has 0 spiro atoms. The van der Waals surface area contributed by atoms with Gasteiger partial charge in [-0.25, -0.2) is 0 Å². The first-order chi connectivity index (χ1) is 11.3. The SMILES string of the molecule is Oc1ccc(-c2ccc(N3C=CN([C@H]4CCNC4)C3)cc2)cc1. The fraction of sp³-hybridized carbons (Fsp3) is 0.263. The van der Waals surface area contributed by atoms with Crippen LogP contribution in [-0.2, 0) is 0 Å². The zero-order chi connectivity index (χ0) is 15.6. The zero-order valence-electron chi connectivity index (χ0n) is 13.0. The number of benzene rings is 2. The van der Waals surface area contributed by atoms with Gasteiger partial charge in [0.25, 0.3) is 0 Å². The summed E-state index contributed by atoms with van der Waals surface area (Å²) in [7, 11) is 0. The second kappa shape index (κ2) is 5.97. The predicted molar refractivity (Wildman–Crippen MR) is 93.1 cm³/mol. The Morgan fingerprint density at radius 2 is 1.61 bits per heavy atom. The van der Waals surface area contributed by atoms with E-state index in [0.717, 1.165) is 30.9 Å². The largest absolute Gasteiger partial charge is 0.508 e. The van der Waals surface area contributed by atoms with Gasteiger partial charge in [-0.05, 0) is 48.4 Å². The summed E-state index contributed by atoms with van der Waals surface area (Å²) in [6, 6.07) is 16.5. The molecule has 0 radical (unpaired) electrons. The molecule has 2 aromatic carbocycles. The number of nitrogens with zero attached hydrogens (tertiary/aromatic N) is 2. The van der Waals surface area contributed by atoms with Crippen LogP contribution in [0.3, 0.4) is 0 Å². The van der Waals surface area contributed by atoms with E-state index >= 15 is 0 Å². The lowest BCUT2D eigenvalue weighted by Crippen LogP contribution is -2.35. The Morgan fingerprint density at radius 1 is 0.913 bits per heavy atom. The van der Waals surface area contributed by atoms with Crippen molar-refractivity contribution in [2.75, 3.05) is 24.7 Å². The van der Waals surface area contributed by atoms with Gasteiger partial charge in [0.1, 0.15) is 5.75 Å². The van der Waals surface area contributed by atoms with Gasteiger partial charge in [0.05, 0.1) is 6.67 Å². The van der Waals surface area contributed by atoms with Crippen molar-refractivity contribution in [1.29, 1.82) is 0 Å². The monoisotopic (exact) mass is 307 g/mol. The summed E-state index contributed by atoms with van der Waals surface area (Å²) >= 11 is 0. The van der Waals surface area contributed by atoms with Gasteiger partial charge in [0.2, 0.25) is 0 Å². The molecule has 1 saturated heterocycles. The van der Waals surface area contributed by atoms with Gasteiger partial charge < -0.3 is 20.2 Å². The smallest absolute Gasteiger partial charge is 0.115 e. The number of hydrogen-bond donors (Lipinski definition) is 2. The molecule has 0 saturated carbocycles. The molecular weight excluding hydrogens is 286 g/mol. The average molecular weight is 307 g/mol. The topological polar surface area (TPSA) is 38.7 Å². The van der Waals surface area contributed by atoms with Crippen molar-refractivity contribution < 1.29 is 5.11 Å². The maximum absolute atomic E-state index is 9.38. The molecule has 4 heteroatoms.